The van der Waals surface area contributed by atoms with Crippen molar-refractivity contribution >= 4 is 35.4 Å². The third-order valence-electron chi connectivity index (χ3n) is 6.85. The molecule has 0 heterocycles. The summed E-state index contributed by atoms with van der Waals surface area (Å²) in [6.07, 6.45) is 0.361. The first kappa shape index (κ1) is 35.3. The number of carbonyl (C=O) groups excluding carboxylic acids is 4. The van der Waals surface area contributed by atoms with E-state index in [0.29, 0.717) is 11.1 Å². The maximum atomic E-state index is 12.8. The topological polar surface area (TPSA) is 202 Å². The third kappa shape index (κ3) is 8.93. The Morgan fingerprint density at radius 3 is 1.11 bits per heavy atom. The molecule has 3 aromatic rings. The van der Waals surface area contributed by atoms with Crippen molar-refractivity contribution in [2.75, 3.05) is 13.2 Å². The quantitative estimate of drug-likeness (QED) is 0.148. The molecule has 0 radical (unpaired) electrons. The molecule has 0 amide bonds. The second-order valence-electron chi connectivity index (χ2n) is 11.5. The molecule has 0 unspecified atom stereocenters. The predicted octanol–water partition coefficient (Wildman–Crippen LogP) is 3.79. The summed E-state index contributed by atoms with van der Waals surface area (Å²) in [7, 11) is 0. The van der Waals surface area contributed by atoms with Crippen molar-refractivity contribution in [3.05, 3.63) is 105 Å². The fourth-order valence-electron chi connectivity index (χ4n) is 4.32. The van der Waals surface area contributed by atoms with E-state index in [1.807, 2.05) is 0 Å². The minimum Gasteiger partial charge on any atom is -0.478 e. The Morgan fingerprint density at radius 2 is 0.848 bits per heavy atom. The largest absolute Gasteiger partial charge is 0.478 e. The maximum absolute atomic E-state index is 12.8. The Kier molecular flexibility index (Phi) is 10.9. The maximum Gasteiger partial charge on any atom is 0.339 e. The summed E-state index contributed by atoms with van der Waals surface area (Å²) in [5, 5.41) is 39.2. The predicted molar refractivity (Wildman–Crippen MR) is 162 cm³/mol. The zero-order valence-electron chi connectivity index (χ0n) is 25.7. The van der Waals surface area contributed by atoms with Gasteiger partial charge in [0.1, 0.15) is 11.2 Å². The molecule has 3 aromatic carbocycles. The zero-order chi connectivity index (χ0) is 34.4. The Balaban J connectivity index is 1.69. The van der Waals surface area contributed by atoms with Gasteiger partial charge >= 0.3 is 23.9 Å². The van der Waals surface area contributed by atoms with Crippen LogP contribution in [0.1, 0.15) is 101 Å². The average molecular weight is 635 g/mol. The summed E-state index contributed by atoms with van der Waals surface area (Å²) in [4.78, 5) is 73.9. The highest BCUT2D eigenvalue weighted by Crippen LogP contribution is 2.21. The Hall–Kier alpha value is -5.20. The lowest BCUT2D eigenvalue weighted by Gasteiger charge is -2.15. The smallest absolute Gasteiger partial charge is 0.339 e. The lowest BCUT2D eigenvalue weighted by Crippen LogP contribution is -2.31. The van der Waals surface area contributed by atoms with Crippen molar-refractivity contribution in [2.45, 2.75) is 51.7 Å². The van der Waals surface area contributed by atoms with E-state index in [4.69, 9.17) is 9.47 Å². The minimum absolute atomic E-state index is 0.180. The van der Waals surface area contributed by atoms with Gasteiger partial charge in [-0.15, -0.1) is 0 Å². The second kappa shape index (κ2) is 14.3. The Morgan fingerprint density at radius 1 is 0.543 bits per heavy atom. The van der Waals surface area contributed by atoms with Crippen LogP contribution < -0.4 is 0 Å². The fraction of sp³-hybridized carbons (Fsp3) is 0.294. The van der Waals surface area contributed by atoms with Gasteiger partial charge < -0.3 is 29.9 Å². The monoisotopic (exact) mass is 634 g/mol. The van der Waals surface area contributed by atoms with Crippen molar-refractivity contribution in [3.63, 3.8) is 0 Å². The molecular weight excluding hydrogens is 600 g/mol. The van der Waals surface area contributed by atoms with Crippen LogP contribution in [0.4, 0.5) is 0 Å². The van der Waals surface area contributed by atoms with Crippen LogP contribution in [-0.2, 0) is 22.3 Å². The normalized spacial score (nSPS) is 11.4. The van der Waals surface area contributed by atoms with Crippen molar-refractivity contribution in [3.8, 4) is 0 Å². The number of rotatable bonds is 14. The summed E-state index contributed by atoms with van der Waals surface area (Å²) < 4.78 is 10.4. The molecule has 0 fully saturated rings. The minimum atomic E-state index is -1.61. The van der Waals surface area contributed by atoms with E-state index >= 15 is 0 Å². The van der Waals surface area contributed by atoms with Gasteiger partial charge in [-0.25, -0.2) is 19.2 Å². The van der Waals surface area contributed by atoms with Crippen LogP contribution in [0.15, 0.2) is 60.7 Å². The van der Waals surface area contributed by atoms with Crippen LogP contribution in [0.25, 0.3) is 0 Å². The number of carbonyl (C=O) groups is 6. The molecule has 0 aliphatic heterocycles. The van der Waals surface area contributed by atoms with Gasteiger partial charge in [0.15, 0.2) is 11.6 Å². The molecule has 0 atom stereocenters. The first-order chi connectivity index (χ1) is 21.4. The molecule has 46 heavy (non-hydrogen) atoms. The summed E-state index contributed by atoms with van der Waals surface area (Å²) >= 11 is 0. The van der Waals surface area contributed by atoms with Gasteiger partial charge in [-0.3, -0.25) is 9.59 Å². The molecule has 0 spiro atoms. The zero-order valence-corrected chi connectivity index (χ0v) is 25.7. The molecule has 0 aromatic heterocycles. The average Bonchev–Trinajstić information content (AvgIpc) is 2.99. The van der Waals surface area contributed by atoms with Gasteiger partial charge in [0.2, 0.25) is 0 Å². The molecule has 0 aliphatic rings. The molecule has 12 nitrogen and oxygen atoms in total. The molecular formula is C34H34O12. The first-order valence-corrected chi connectivity index (χ1v) is 14.1. The number of carboxylic acid groups (broad SMARTS) is 2. The van der Waals surface area contributed by atoms with Crippen LogP contribution >= 0.6 is 0 Å². The van der Waals surface area contributed by atoms with Crippen molar-refractivity contribution in [1.82, 2.24) is 0 Å². The molecule has 4 N–H and O–H groups in total. The number of benzene rings is 3. The number of Topliss-reactive ketones (excluding diaryl/α,β-unsaturated/α-hetero) is 2. The van der Waals surface area contributed by atoms with Crippen LogP contribution in [0, 0.1) is 0 Å². The highest BCUT2D eigenvalue weighted by atomic mass is 16.5. The van der Waals surface area contributed by atoms with Crippen LogP contribution in [-0.4, -0.2) is 80.3 Å². The summed E-state index contributed by atoms with van der Waals surface area (Å²) in [5.41, 5.74) is -3.66. The van der Waals surface area contributed by atoms with Gasteiger partial charge in [0.25, 0.3) is 0 Å². The van der Waals surface area contributed by atoms with Gasteiger partial charge in [0.05, 0.1) is 35.5 Å². The van der Waals surface area contributed by atoms with Crippen LogP contribution in [0.2, 0.25) is 0 Å². The van der Waals surface area contributed by atoms with E-state index in [9.17, 15) is 49.2 Å². The summed E-state index contributed by atoms with van der Waals surface area (Å²) in [6, 6.07) is 13.9. The molecule has 0 saturated heterocycles. The number of ether oxygens (including phenoxy) is 2. The fourth-order valence-corrected chi connectivity index (χ4v) is 4.32. The van der Waals surface area contributed by atoms with E-state index < -0.39 is 68.9 Å². The molecule has 0 aliphatic carbocycles. The Labute approximate surface area is 264 Å². The summed E-state index contributed by atoms with van der Waals surface area (Å²) in [6.45, 7) is 5.05. The van der Waals surface area contributed by atoms with E-state index in [1.54, 1.807) is 24.3 Å². The van der Waals surface area contributed by atoms with Crippen molar-refractivity contribution in [1.29, 1.82) is 0 Å². The van der Waals surface area contributed by atoms with E-state index in [0.717, 1.165) is 12.1 Å². The Bertz CT molecular complexity index is 1530. The number of aromatic carboxylic acids is 2. The highest BCUT2D eigenvalue weighted by molar-refractivity contribution is 6.09. The highest BCUT2D eigenvalue weighted by Gasteiger charge is 2.28. The molecule has 242 valence electrons. The molecule has 12 heteroatoms. The second-order valence-corrected chi connectivity index (χ2v) is 11.5. The van der Waals surface area contributed by atoms with Crippen molar-refractivity contribution < 1.29 is 58.7 Å². The number of hydrogen-bond donors (Lipinski definition) is 4. The van der Waals surface area contributed by atoms with E-state index in [1.165, 1.54) is 52.0 Å². The number of aliphatic hydroxyl groups is 2. The van der Waals surface area contributed by atoms with Gasteiger partial charge in [-0.2, -0.15) is 0 Å². The van der Waals surface area contributed by atoms with E-state index in [-0.39, 0.29) is 37.2 Å². The molecule has 3 rings (SSSR count). The number of esters is 2. The lowest BCUT2D eigenvalue weighted by molar-refractivity contribution is 0.0483. The standard InChI is InChI=1S/C34H34O12/c1-33(2,43)27(35)21-9-5-19(6-10-21)13-15-45-31(41)25-17-24(30(39)40)26(18-23(25)29(37)38)32(42)46-16-14-20-7-11-22(12-8-20)28(36)34(3,4)44/h5-12,17-18,43-44H,13-16H2,1-4H3,(H,37,38)(H,39,40). The molecule has 0 bridgehead atoms. The lowest BCUT2D eigenvalue weighted by atomic mass is 9.96. The van der Waals surface area contributed by atoms with Gasteiger partial charge in [0, 0.05) is 24.0 Å². The molecule has 0 saturated carbocycles. The number of hydrogen-bond acceptors (Lipinski definition) is 10. The van der Waals surface area contributed by atoms with Gasteiger partial charge in [-0.05, 0) is 51.0 Å². The SMILES string of the molecule is CC(C)(O)C(=O)c1ccc(CCOC(=O)c2cc(C(=O)O)c(C(=O)OCCc3ccc(C(=O)C(C)(C)O)cc3)cc2C(=O)O)cc1. The third-order valence-corrected chi connectivity index (χ3v) is 6.85. The van der Waals surface area contributed by atoms with Gasteiger partial charge in [-0.1, -0.05) is 48.5 Å². The number of carboxylic acids is 2. The van der Waals surface area contributed by atoms with Crippen molar-refractivity contribution in [2.24, 2.45) is 0 Å². The number of ketones is 2. The van der Waals surface area contributed by atoms with Crippen LogP contribution in [0.3, 0.4) is 0 Å². The summed E-state index contributed by atoms with van der Waals surface area (Å²) in [5.74, 6) is -6.40. The first-order valence-electron chi connectivity index (χ1n) is 14.1. The van der Waals surface area contributed by atoms with Crippen LogP contribution in [0.5, 0.6) is 0 Å². The van der Waals surface area contributed by atoms with E-state index in [2.05, 4.69) is 0 Å².